The molecule has 0 radical (unpaired) electrons. The highest BCUT2D eigenvalue weighted by atomic mass is 19.4. The van der Waals surface area contributed by atoms with Gasteiger partial charge in [-0.2, -0.15) is 13.2 Å². The van der Waals surface area contributed by atoms with Crippen molar-refractivity contribution in [3.63, 3.8) is 0 Å². The van der Waals surface area contributed by atoms with Gasteiger partial charge in [0.15, 0.2) is 5.65 Å². The maximum absolute atomic E-state index is 13.5. The molecule has 1 amide bonds. The molecule has 2 heterocycles. The largest absolute Gasteiger partial charge is 0.400 e. The minimum Gasteiger partial charge on any atom is -0.388 e. The third-order valence-corrected chi connectivity index (χ3v) is 5.86. The molecule has 0 bridgehead atoms. The van der Waals surface area contributed by atoms with Crippen LogP contribution >= 0.6 is 0 Å². The van der Waals surface area contributed by atoms with E-state index >= 15 is 0 Å². The number of hydrogen-bond donors (Lipinski definition) is 3. The minimum absolute atomic E-state index is 0.0646. The van der Waals surface area contributed by atoms with Crippen LogP contribution in [-0.2, 0) is 5.41 Å². The smallest absolute Gasteiger partial charge is 0.388 e. The zero-order valence-electron chi connectivity index (χ0n) is 15.8. The maximum Gasteiger partial charge on any atom is 0.400 e. The number of anilines is 1. The molecule has 0 aromatic carbocycles. The Hall–Kier alpha value is -2.88. The normalized spacial score (nSPS) is 23.7. The van der Waals surface area contributed by atoms with E-state index in [4.69, 9.17) is 11.5 Å². The zero-order valence-corrected chi connectivity index (χ0v) is 15.8. The van der Waals surface area contributed by atoms with Gasteiger partial charge in [0, 0.05) is 11.6 Å². The van der Waals surface area contributed by atoms with Crippen molar-refractivity contribution in [2.45, 2.75) is 44.4 Å². The molecule has 0 unspecified atom stereocenters. The van der Waals surface area contributed by atoms with E-state index in [1.54, 1.807) is 26.0 Å². The van der Waals surface area contributed by atoms with Gasteiger partial charge in [0.05, 0.1) is 18.0 Å². The average Bonchev–Trinajstić information content (AvgIpc) is 3.39. The molecule has 2 aromatic rings. The Morgan fingerprint density at radius 2 is 2.03 bits per heavy atom. The summed E-state index contributed by atoms with van der Waals surface area (Å²) in [6, 6.07) is 0. The number of primary amides is 1. The highest BCUT2D eigenvalue weighted by molar-refractivity contribution is 6.10. The second-order valence-corrected chi connectivity index (χ2v) is 7.67. The molecule has 2 aliphatic carbocycles. The van der Waals surface area contributed by atoms with Gasteiger partial charge in [-0.3, -0.25) is 9.36 Å². The van der Waals surface area contributed by atoms with Crippen LogP contribution in [0.3, 0.4) is 0 Å². The molecule has 2 atom stereocenters. The predicted molar refractivity (Wildman–Crippen MR) is 101 cm³/mol. The molecule has 1 saturated carbocycles. The molecule has 7 nitrogen and oxygen atoms in total. The quantitative estimate of drug-likeness (QED) is 0.722. The van der Waals surface area contributed by atoms with Crippen LogP contribution in [-0.4, -0.2) is 37.8 Å². The van der Waals surface area contributed by atoms with Crippen molar-refractivity contribution in [2.24, 2.45) is 11.7 Å². The van der Waals surface area contributed by atoms with Crippen molar-refractivity contribution < 1.29 is 23.1 Å². The highest BCUT2D eigenvalue weighted by Gasteiger charge is 2.65. The van der Waals surface area contributed by atoms with Gasteiger partial charge in [0.1, 0.15) is 22.3 Å². The van der Waals surface area contributed by atoms with Crippen LogP contribution in [0, 0.1) is 5.92 Å². The summed E-state index contributed by atoms with van der Waals surface area (Å²) in [7, 11) is 0. The number of allylic oxidation sites excluding steroid dienone is 2. The van der Waals surface area contributed by atoms with Crippen LogP contribution in [0.5, 0.6) is 0 Å². The predicted octanol–water partition coefficient (Wildman–Crippen LogP) is 2.50. The summed E-state index contributed by atoms with van der Waals surface area (Å²) in [6.07, 6.45) is -1.02. The molecule has 2 aliphatic rings. The van der Waals surface area contributed by atoms with Crippen LogP contribution in [0.15, 0.2) is 23.9 Å². The summed E-state index contributed by atoms with van der Waals surface area (Å²) in [6.45, 7) is 3.57. The lowest BCUT2D eigenvalue weighted by molar-refractivity contribution is -0.161. The number of aromatic nitrogens is 3. The monoisotopic (exact) mass is 407 g/mol. The van der Waals surface area contributed by atoms with Gasteiger partial charge in [-0.05, 0) is 25.3 Å². The number of nitrogen functional groups attached to an aromatic ring is 1. The second kappa shape index (κ2) is 6.06. The summed E-state index contributed by atoms with van der Waals surface area (Å²) >= 11 is 0. The molecule has 0 saturated heterocycles. The fourth-order valence-corrected chi connectivity index (χ4v) is 3.98. The Morgan fingerprint density at radius 3 is 2.59 bits per heavy atom. The van der Waals surface area contributed by atoms with Gasteiger partial charge < -0.3 is 16.6 Å². The summed E-state index contributed by atoms with van der Waals surface area (Å²) in [5.41, 5.74) is 10.6. The first kappa shape index (κ1) is 19.4. The topological polar surface area (TPSA) is 120 Å². The first-order chi connectivity index (χ1) is 13.5. The number of hydrogen-bond acceptors (Lipinski definition) is 5. The van der Waals surface area contributed by atoms with Crippen molar-refractivity contribution in [2.75, 3.05) is 5.73 Å². The highest BCUT2D eigenvalue weighted by Crippen LogP contribution is 2.58. The van der Waals surface area contributed by atoms with Crippen molar-refractivity contribution in [3.8, 4) is 0 Å². The van der Waals surface area contributed by atoms with Crippen molar-refractivity contribution in [3.05, 3.63) is 35.2 Å². The third-order valence-electron chi connectivity index (χ3n) is 5.86. The Balaban J connectivity index is 2.01. The lowest BCUT2D eigenvalue weighted by Gasteiger charge is -2.27. The lowest BCUT2D eigenvalue weighted by atomic mass is 9.91. The molecule has 10 heteroatoms. The fourth-order valence-electron chi connectivity index (χ4n) is 3.98. The van der Waals surface area contributed by atoms with E-state index in [0.717, 1.165) is 11.8 Å². The maximum atomic E-state index is 13.5. The first-order valence-electron chi connectivity index (χ1n) is 9.11. The minimum atomic E-state index is -4.47. The molecule has 2 aromatic heterocycles. The van der Waals surface area contributed by atoms with Crippen LogP contribution in [0.4, 0.5) is 19.0 Å². The number of aliphatic hydroxyl groups is 1. The number of nitrogens with two attached hydrogens (primary N) is 2. The van der Waals surface area contributed by atoms with Gasteiger partial charge in [0.2, 0.25) is 0 Å². The second-order valence-electron chi connectivity index (χ2n) is 7.67. The zero-order chi connectivity index (χ0) is 21.3. The summed E-state index contributed by atoms with van der Waals surface area (Å²) < 4.78 is 42.0. The number of nitrogens with zero attached hydrogens (tertiary/aromatic N) is 3. The van der Waals surface area contributed by atoms with Crippen LogP contribution < -0.4 is 11.5 Å². The number of alkyl halides is 3. The van der Waals surface area contributed by atoms with Gasteiger partial charge >= 0.3 is 6.18 Å². The molecule has 5 N–H and O–H groups in total. The number of carbonyl (C=O) groups is 1. The summed E-state index contributed by atoms with van der Waals surface area (Å²) in [5.74, 6) is -1.37. The average molecular weight is 407 g/mol. The molecule has 29 heavy (non-hydrogen) atoms. The molecule has 0 aliphatic heterocycles. The van der Waals surface area contributed by atoms with E-state index in [-0.39, 0.29) is 41.1 Å². The van der Waals surface area contributed by atoms with E-state index < -0.39 is 29.5 Å². The van der Waals surface area contributed by atoms with Crippen LogP contribution in [0.2, 0.25) is 0 Å². The van der Waals surface area contributed by atoms with Crippen molar-refractivity contribution in [1.82, 2.24) is 14.5 Å². The van der Waals surface area contributed by atoms with E-state index in [2.05, 4.69) is 9.97 Å². The number of fused-ring (bicyclic) bond motifs is 1. The third kappa shape index (κ3) is 2.65. The Labute approximate surface area is 163 Å². The number of rotatable bonds is 3. The molecular weight excluding hydrogens is 387 g/mol. The Morgan fingerprint density at radius 1 is 1.38 bits per heavy atom. The molecule has 0 spiro atoms. The van der Waals surface area contributed by atoms with Gasteiger partial charge in [0.25, 0.3) is 5.91 Å². The fraction of sp³-hybridized carbons (Fsp3) is 0.421. The van der Waals surface area contributed by atoms with E-state index in [9.17, 15) is 23.1 Å². The van der Waals surface area contributed by atoms with Crippen molar-refractivity contribution in [1.29, 1.82) is 0 Å². The number of aliphatic hydroxyl groups excluding tert-OH is 1. The van der Waals surface area contributed by atoms with Gasteiger partial charge in [-0.15, -0.1) is 0 Å². The van der Waals surface area contributed by atoms with E-state index in [1.165, 1.54) is 4.57 Å². The van der Waals surface area contributed by atoms with Crippen LogP contribution in [0.25, 0.3) is 16.9 Å². The Bertz CT molecular complexity index is 1100. The van der Waals surface area contributed by atoms with E-state index in [0.29, 0.717) is 5.70 Å². The van der Waals surface area contributed by atoms with Crippen molar-refractivity contribution >= 4 is 28.6 Å². The molecule has 154 valence electrons. The number of amides is 1. The number of carbonyl (C=O) groups excluding carboxylic acids is 1. The molecular formula is C19H20F3N5O2. The van der Waals surface area contributed by atoms with Gasteiger partial charge in [-0.25, -0.2) is 9.97 Å². The summed E-state index contributed by atoms with van der Waals surface area (Å²) in [4.78, 5) is 20.5. The molecule has 4 rings (SSSR count). The molecule has 1 fully saturated rings. The summed E-state index contributed by atoms with van der Waals surface area (Å²) in [5, 5.41) is 10.2. The standard InChI is InChI=1S/C19H20F3N5O2/c1-8-3-4-10(28)9(2)14(8)27-15(23)12(16(24)29)13-17(27)25-7-11(26-13)18(5-6-18)19(20,21)22/h3-4,7,9-10,28H,5-6,23H2,1-2H3,(H2,24,29)/t9-,10-/m1/s1. The van der Waals surface area contributed by atoms with Gasteiger partial charge in [-0.1, -0.05) is 19.1 Å². The number of halogens is 3. The Kier molecular flexibility index (Phi) is 4.06. The first-order valence-corrected chi connectivity index (χ1v) is 9.11. The SMILES string of the molecule is CC1=C(n2c(N)c(C(N)=O)c3nc(C4(C(F)(F)F)CC4)cnc32)[C@H](C)[C@H](O)C=C1. The lowest BCUT2D eigenvalue weighted by Crippen LogP contribution is -2.30. The van der Waals surface area contributed by atoms with E-state index in [1.807, 2.05) is 0 Å². The van der Waals surface area contributed by atoms with Crippen LogP contribution in [0.1, 0.15) is 42.7 Å².